The van der Waals surface area contributed by atoms with Gasteiger partial charge in [0.1, 0.15) is 18.2 Å². The average molecular weight is 522 g/mol. The number of ether oxygens (including phenoxy) is 1. The van der Waals surface area contributed by atoms with Crippen molar-refractivity contribution >= 4 is 38.9 Å². The largest absolute Gasteiger partial charge is 0.492 e. The maximum atomic E-state index is 12.9. The number of hydrogen-bond acceptors (Lipinski definition) is 6. The molecular formula is C23H21ClFN3O6S. The number of nitro benzene ring substituents is 1. The zero-order valence-electron chi connectivity index (χ0n) is 18.5. The van der Waals surface area contributed by atoms with Gasteiger partial charge in [0.05, 0.1) is 35.0 Å². The van der Waals surface area contributed by atoms with Gasteiger partial charge >= 0.3 is 0 Å². The molecule has 0 bridgehead atoms. The van der Waals surface area contributed by atoms with Gasteiger partial charge in [-0.3, -0.25) is 19.2 Å². The van der Waals surface area contributed by atoms with Gasteiger partial charge in [-0.1, -0.05) is 23.7 Å². The number of non-ortho nitro benzene ring substituents is 1. The summed E-state index contributed by atoms with van der Waals surface area (Å²) in [6.45, 7) is 0.251. The van der Waals surface area contributed by atoms with E-state index in [9.17, 15) is 27.7 Å². The van der Waals surface area contributed by atoms with Crippen LogP contribution in [0.4, 0.5) is 15.8 Å². The third-order valence-corrected chi connectivity index (χ3v) is 6.27. The van der Waals surface area contributed by atoms with Crippen molar-refractivity contribution in [2.24, 2.45) is 0 Å². The molecule has 0 spiro atoms. The summed E-state index contributed by atoms with van der Waals surface area (Å²) < 4.78 is 44.1. The second kappa shape index (κ2) is 11.2. The molecule has 3 aromatic carbocycles. The van der Waals surface area contributed by atoms with Crippen LogP contribution in [-0.2, 0) is 16.6 Å². The van der Waals surface area contributed by atoms with Gasteiger partial charge in [0.25, 0.3) is 11.6 Å². The molecular weight excluding hydrogens is 501 g/mol. The molecule has 0 aliphatic rings. The van der Waals surface area contributed by atoms with E-state index in [1.54, 1.807) is 12.1 Å². The third-order valence-electron chi connectivity index (χ3n) is 4.82. The highest BCUT2D eigenvalue weighted by Gasteiger charge is 2.23. The van der Waals surface area contributed by atoms with Crippen molar-refractivity contribution in [1.82, 2.24) is 5.32 Å². The van der Waals surface area contributed by atoms with Crippen LogP contribution in [0.15, 0.2) is 66.7 Å². The fourth-order valence-electron chi connectivity index (χ4n) is 3.08. The van der Waals surface area contributed by atoms with Crippen LogP contribution in [0.25, 0.3) is 0 Å². The number of carbonyl (C=O) groups is 1. The maximum Gasteiger partial charge on any atom is 0.271 e. The molecule has 1 amide bonds. The summed E-state index contributed by atoms with van der Waals surface area (Å²) in [6, 6.07) is 15.3. The first-order valence-corrected chi connectivity index (χ1v) is 12.4. The van der Waals surface area contributed by atoms with E-state index in [1.165, 1.54) is 48.5 Å². The molecule has 0 aromatic heterocycles. The van der Waals surface area contributed by atoms with E-state index >= 15 is 0 Å². The predicted octanol–water partition coefficient (Wildman–Crippen LogP) is 4.16. The highest BCUT2D eigenvalue weighted by molar-refractivity contribution is 7.92. The number of nitrogens with zero attached hydrogens (tertiary/aromatic N) is 2. The van der Waals surface area contributed by atoms with Gasteiger partial charge in [-0.05, 0) is 48.0 Å². The zero-order valence-corrected chi connectivity index (χ0v) is 20.1. The zero-order chi connectivity index (χ0) is 25.6. The summed E-state index contributed by atoms with van der Waals surface area (Å²) in [4.78, 5) is 22.8. The van der Waals surface area contributed by atoms with E-state index in [4.69, 9.17) is 16.3 Å². The summed E-state index contributed by atoms with van der Waals surface area (Å²) in [7, 11) is -3.84. The van der Waals surface area contributed by atoms with Crippen LogP contribution in [-0.4, -0.2) is 38.7 Å². The lowest BCUT2D eigenvalue weighted by atomic mass is 10.1. The Morgan fingerprint density at radius 3 is 2.37 bits per heavy atom. The summed E-state index contributed by atoms with van der Waals surface area (Å²) in [5.74, 6) is -0.257. The second-order valence-corrected chi connectivity index (χ2v) is 9.73. The van der Waals surface area contributed by atoms with Crippen LogP contribution in [0.1, 0.15) is 15.9 Å². The van der Waals surface area contributed by atoms with Crippen molar-refractivity contribution in [3.05, 3.63) is 98.8 Å². The quantitative estimate of drug-likeness (QED) is 0.243. The molecule has 3 rings (SSSR count). The van der Waals surface area contributed by atoms with Gasteiger partial charge in [-0.25, -0.2) is 12.8 Å². The minimum Gasteiger partial charge on any atom is -0.492 e. The first-order valence-electron chi connectivity index (χ1n) is 10.2. The summed E-state index contributed by atoms with van der Waals surface area (Å²) >= 11 is 6.13. The molecule has 9 nitrogen and oxygen atoms in total. The van der Waals surface area contributed by atoms with Crippen molar-refractivity contribution in [2.45, 2.75) is 6.54 Å². The van der Waals surface area contributed by atoms with Crippen molar-refractivity contribution < 1.29 is 27.3 Å². The van der Waals surface area contributed by atoms with E-state index in [2.05, 4.69) is 5.32 Å². The maximum absolute atomic E-state index is 12.9. The number of hydrogen-bond donors (Lipinski definition) is 1. The van der Waals surface area contributed by atoms with Gasteiger partial charge in [0.2, 0.25) is 10.0 Å². The van der Waals surface area contributed by atoms with Gasteiger partial charge < -0.3 is 10.1 Å². The SMILES string of the molecule is CS(=O)(=O)N(Cc1ccc(C(=O)NCCOc2ccc(F)cc2)cc1)c1cc([N+](=O)[O-])ccc1Cl. The Morgan fingerprint density at radius 1 is 1.11 bits per heavy atom. The molecule has 184 valence electrons. The summed E-state index contributed by atoms with van der Waals surface area (Å²) in [5, 5.41) is 13.8. The van der Waals surface area contributed by atoms with Crippen LogP contribution in [0, 0.1) is 15.9 Å². The molecule has 0 aliphatic heterocycles. The van der Waals surface area contributed by atoms with Crippen LogP contribution in [0.2, 0.25) is 5.02 Å². The predicted molar refractivity (Wildman–Crippen MR) is 130 cm³/mol. The van der Waals surface area contributed by atoms with Gasteiger partial charge in [-0.15, -0.1) is 0 Å². The van der Waals surface area contributed by atoms with Crippen molar-refractivity contribution in [1.29, 1.82) is 0 Å². The molecule has 0 aliphatic carbocycles. The highest BCUT2D eigenvalue weighted by atomic mass is 35.5. The lowest BCUT2D eigenvalue weighted by Crippen LogP contribution is -2.30. The smallest absolute Gasteiger partial charge is 0.271 e. The number of halogens is 2. The van der Waals surface area contributed by atoms with E-state index < -0.39 is 14.9 Å². The van der Waals surface area contributed by atoms with Crippen LogP contribution in [0.5, 0.6) is 5.75 Å². The Kier molecular flexibility index (Phi) is 8.26. The standard InChI is InChI=1S/C23H21ClFN3O6S/c1-35(32,33)27(22-14-19(28(30)31)8-11-21(22)24)15-16-2-4-17(5-3-16)23(29)26-12-13-34-20-9-6-18(25)7-10-20/h2-11,14H,12-13,15H2,1H3,(H,26,29). The first kappa shape index (κ1) is 25.9. The van der Waals surface area contributed by atoms with Gasteiger partial charge in [0, 0.05) is 17.7 Å². The van der Waals surface area contributed by atoms with Gasteiger partial charge in [0.15, 0.2) is 0 Å². The molecule has 0 atom stereocenters. The van der Waals surface area contributed by atoms with E-state index in [0.717, 1.165) is 16.6 Å². The summed E-state index contributed by atoms with van der Waals surface area (Å²) in [6.07, 6.45) is 0.970. The number of nitrogens with one attached hydrogen (secondary N) is 1. The Bertz CT molecular complexity index is 1320. The number of amides is 1. The molecule has 0 radical (unpaired) electrons. The Morgan fingerprint density at radius 2 is 1.77 bits per heavy atom. The normalized spacial score (nSPS) is 11.1. The molecule has 3 aromatic rings. The van der Waals surface area contributed by atoms with Crippen molar-refractivity contribution in [2.75, 3.05) is 23.7 Å². The summed E-state index contributed by atoms with van der Waals surface area (Å²) in [5.41, 5.74) is 0.559. The van der Waals surface area contributed by atoms with E-state index in [-0.39, 0.29) is 47.8 Å². The van der Waals surface area contributed by atoms with E-state index in [0.29, 0.717) is 16.9 Å². The van der Waals surface area contributed by atoms with Crippen LogP contribution in [0.3, 0.4) is 0 Å². The molecule has 0 heterocycles. The highest BCUT2D eigenvalue weighted by Crippen LogP contribution is 2.32. The molecule has 0 saturated heterocycles. The van der Waals surface area contributed by atoms with Crippen molar-refractivity contribution in [3.8, 4) is 5.75 Å². The third kappa shape index (κ3) is 7.14. The topological polar surface area (TPSA) is 119 Å². The van der Waals surface area contributed by atoms with Crippen molar-refractivity contribution in [3.63, 3.8) is 0 Å². The number of nitro groups is 1. The van der Waals surface area contributed by atoms with Crippen LogP contribution >= 0.6 is 11.6 Å². The average Bonchev–Trinajstić information content (AvgIpc) is 2.81. The number of benzene rings is 3. The number of anilines is 1. The molecule has 12 heteroatoms. The Balaban J connectivity index is 1.64. The first-order chi connectivity index (χ1) is 16.5. The molecule has 0 fully saturated rings. The Labute approximate surface area is 206 Å². The fraction of sp³-hybridized carbons (Fsp3) is 0.174. The molecule has 35 heavy (non-hydrogen) atoms. The molecule has 1 N–H and O–H groups in total. The van der Waals surface area contributed by atoms with Crippen LogP contribution < -0.4 is 14.4 Å². The number of carbonyl (C=O) groups excluding carboxylic acids is 1. The second-order valence-electron chi connectivity index (χ2n) is 7.42. The Hall–Kier alpha value is -3.70. The number of rotatable bonds is 10. The molecule has 0 saturated carbocycles. The monoisotopic (exact) mass is 521 g/mol. The van der Waals surface area contributed by atoms with Gasteiger partial charge in [-0.2, -0.15) is 0 Å². The van der Waals surface area contributed by atoms with E-state index in [1.807, 2.05) is 0 Å². The lowest BCUT2D eigenvalue weighted by Gasteiger charge is -2.23. The molecule has 0 unspecified atom stereocenters. The minimum absolute atomic E-state index is 0.0219. The lowest BCUT2D eigenvalue weighted by molar-refractivity contribution is -0.384. The fourth-order valence-corrected chi connectivity index (χ4v) is 4.24. The number of sulfonamides is 1. The minimum atomic E-state index is -3.84.